The zero-order chi connectivity index (χ0) is 20.6. The first-order valence-corrected chi connectivity index (χ1v) is 11.3. The molecule has 0 nitrogen and oxygen atoms in total. The second-order valence-corrected chi connectivity index (χ2v) is 8.71. The molecule has 0 N–H and O–H groups in total. The summed E-state index contributed by atoms with van der Waals surface area (Å²) in [7, 11) is 0. The molecule has 0 spiro atoms. The van der Waals surface area contributed by atoms with Gasteiger partial charge in [-0.05, 0) is 72.8 Å². The van der Waals surface area contributed by atoms with Crippen LogP contribution in [0.15, 0.2) is 36.4 Å². The van der Waals surface area contributed by atoms with Crippen molar-refractivity contribution in [1.29, 1.82) is 0 Å². The number of benzene rings is 2. The van der Waals surface area contributed by atoms with Gasteiger partial charge in [0.25, 0.3) is 0 Å². The van der Waals surface area contributed by atoms with Crippen LogP contribution >= 0.6 is 0 Å². The first-order valence-electron chi connectivity index (χ1n) is 11.3. The summed E-state index contributed by atoms with van der Waals surface area (Å²) in [4.78, 5) is 0. The van der Waals surface area contributed by atoms with E-state index in [1.165, 1.54) is 69.8 Å². The first-order chi connectivity index (χ1) is 14.1. The molecule has 2 aromatic carbocycles. The Kier molecular flexibility index (Phi) is 8.20. The Bertz CT molecular complexity index is 735. The van der Waals surface area contributed by atoms with Crippen LogP contribution in [0.1, 0.15) is 93.7 Å². The Labute approximate surface area is 173 Å². The van der Waals surface area contributed by atoms with E-state index in [2.05, 4.69) is 19.1 Å². The molecule has 3 heteroatoms. The van der Waals surface area contributed by atoms with E-state index in [9.17, 15) is 13.2 Å². The van der Waals surface area contributed by atoms with E-state index in [1.807, 2.05) is 12.1 Å². The average Bonchev–Trinajstić information content (AvgIpc) is 2.73. The molecule has 0 bridgehead atoms. The van der Waals surface area contributed by atoms with Gasteiger partial charge in [-0.25, -0.2) is 13.2 Å². The summed E-state index contributed by atoms with van der Waals surface area (Å²) < 4.78 is 39.9. The molecule has 1 aliphatic rings. The maximum absolute atomic E-state index is 13.4. The van der Waals surface area contributed by atoms with E-state index in [0.29, 0.717) is 17.9 Å². The molecule has 0 radical (unpaired) electrons. The molecule has 2 aromatic rings. The molecule has 0 amide bonds. The van der Waals surface area contributed by atoms with E-state index in [0.717, 1.165) is 23.6 Å². The maximum atomic E-state index is 13.4. The lowest BCUT2D eigenvalue weighted by Gasteiger charge is -2.29. The third-order valence-electron chi connectivity index (χ3n) is 6.47. The third kappa shape index (κ3) is 6.35. The number of hydrogen-bond donors (Lipinski definition) is 0. The molecular formula is C26H33F3. The van der Waals surface area contributed by atoms with Crippen LogP contribution in [0.5, 0.6) is 0 Å². The lowest BCUT2D eigenvalue weighted by molar-refractivity contribution is 0.302. The van der Waals surface area contributed by atoms with Crippen molar-refractivity contribution >= 4 is 0 Å². The molecule has 158 valence electrons. The van der Waals surface area contributed by atoms with Crippen LogP contribution in [0.2, 0.25) is 0 Å². The maximum Gasteiger partial charge on any atom is 0.194 e. The fourth-order valence-corrected chi connectivity index (χ4v) is 4.67. The van der Waals surface area contributed by atoms with Gasteiger partial charge in [0.2, 0.25) is 0 Å². The van der Waals surface area contributed by atoms with Crippen molar-refractivity contribution in [3.8, 4) is 0 Å². The van der Waals surface area contributed by atoms with Gasteiger partial charge in [0.15, 0.2) is 17.5 Å². The van der Waals surface area contributed by atoms with Gasteiger partial charge in [0.1, 0.15) is 0 Å². The second-order valence-electron chi connectivity index (χ2n) is 8.71. The summed E-state index contributed by atoms with van der Waals surface area (Å²) in [6.07, 6.45) is 13.8. The fraction of sp³-hybridized carbons (Fsp3) is 0.538. The second kappa shape index (κ2) is 10.8. The predicted octanol–water partition coefficient (Wildman–Crippen LogP) is 8.33. The largest absolute Gasteiger partial charge is 0.204 e. The molecule has 0 unspecified atom stereocenters. The monoisotopic (exact) mass is 402 g/mol. The zero-order valence-electron chi connectivity index (χ0n) is 17.5. The Morgan fingerprint density at radius 1 is 0.759 bits per heavy atom. The zero-order valence-corrected chi connectivity index (χ0v) is 17.5. The van der Waals surface area contributed by atoms with Crippen LogP contribution in [0.4, 0.5) is 13.2 Å². The van der Waals surface area contributed by atoms with Crippen LogP contribution in [-0.4, -0.2) is 0 Å². The summed E-state index contributed by atoms with van der Waals surface area (Å²) in [6, 6.07) is 10.5. The quantitative estimate of drug-likeness (QED) is 0.292. The molecule has 1 fully saturated rings. The number of hydrogen-bond acceptors (Lipinski definition) is 0. The molecule has 0 aromatic heterocycles. The van der Waals surface area contributed by atoms with Crippen molar-refractivity contribution in [1.82, 2.24) is 0 Å². The number of halogens is 3. The standard InChI is InChI=1S/C26H33F3/c1-2-3-4-5-6-7-19-8-12-22(13-9-19)23-14-10-20(11-15-23)16-21-17-24(27)26(29)25(28)18-21/h10-11,14-15,17-19,22H,2-9,12-13,16H2,1H3. The molecular weight excluding hydrogens is 369 g/mol. The normalized spacial score (nSPS) is 19.4. The van der Waals surface area contributed by atoms with Gasteiger partial charge in [0, 0.05) is 0 Å². The van der Waals surface area contributed by atoms with Crippen LogP contribution in [0.25, 0.3) is 0 Å². The minimum atomic E-state index is -1.40. The number of rotatable bonds is 9. The average molecular weight is 403 g/mol. The van der Waals surface area contributed by atoms with Crippen LogP contribution < -0.4 is 0 Å². The van der Waals surface area contributed by atoms with Gasteiger partial charge in [-0.15, -0.1) is 0 Å². The summed E-state index contributed by atoms with van der Waals surface area (Å²) in [6.45, 7) is 2.26. The van der Waals surface area contributed by atoms with Gasteiger partial charge in [-0.3, -0.25) is 0 Å². The van der Waals surface area contributed by atoms with Gasteiger partial charge in [0.05, 0.1) is 0 Å². The number of unbranched alkanes of at least 4 members (excludes halogenated alkanes) is 4. The van der Waals surface area contributed by atoms with Crippen LogP contribution in [0.3, 0.4) is 0 Å². The lowest BCUT2D eigenvalue weighted by atomic mass is 9.77. The van der Waals surface area contributed by atoms with Crippen molar-refractivity contribution in [3.05, 3.63) is 70.5 Å². The van der Waals surface area contributed by atoms with E-state index < -0.39 is 17.5 Å². The molecule has 1 saturated carbocycles. The minimum absolute atomic E-state index is 0.402. The third-order valence-corrected chi connectivity index (χ3v) is 6.47. The van der Waals surface area contributed by atoms with Crippen molar-refractivity contribution in [3.63, 3.8) is 0 Å². The topological polar surface area (TPSA) is 0 Å². The fourth-order valence-electron chi connectivity index (χ4n) is 4.67. The highest BCUT2D eigenvalue weighted by Crippen LogP contribution is 2.38. The van der Waals surface area contributed by atoms with Crippen molar-refractivity contribution in [2.24, 2.45) is 5.92 Å². The molecule has 0 aliphatic heterocycles. The Balaban J connectivity index is 1.47. The van der Waals surface area contributed by atoms with Crippen LogP contribution in [-0.2, 0) is 6.42 Å². The highest BCUT2D eigenvalue weighted by molar-refractivity contribution is 5.31. The molecule has 0 saturated heterocycles. The van der Waals surface area contributed by atoms with Crippen molar-refractivity contribution < 1.29 is 13.2 Å². The molecule has 0 atom stereocenters. The Morgan fingerprint density at radius 3 is 2.00 bits per heavy atom. The SMILES string of the molecule is CCCCCCCC1CCC(c2ccc(Cc3cc(F)c(F)c(F)c3)cc2)CC1. The van der Waals surface area contributed by atoms with Gasteiger partial charge in [-0.1, -0.05) is 69.7 Å². The minimum Gasteiger partial charge on any atom is -0.204 e. The van der Waals surface area contributed by atoms with Gasteiger partial charge < -0.3 is 0 Å². The molecule has 0 heterocycles. The molecule has 29 heavy (non-hydrogen) atoms. The Morgan fingerprint density at radius 2 is 1.38 bits per heavy atom. The predicted molar refractivity (Wildman–Crippen MR) is 114 cm³/mol. The van der Waals surface area contributed by atoms with Crippen LogP contribution in [0, 0.1) is 23.4 Å². The van der Waals surface area contributed by atoms with E-state index in [1.54, 1.807) is 0 Å². The first kappa shape index (κ1) is 21.9. The summed E-state index contributed by atoms with van der Waals surface area (Å²) in [5.74, 6) is -2.13. The molecule has 3 rings (SSSR count). The smallest absolute Gasteiger partial charge is 0.194 e. The highest BCUT2D eigenvalue weighted by atomic mass is 19.2. The Hall–Kier alpha value is -1.77. The van der Waals surface area contributed by atoms with E-state index >= 15 is 0 Å². The molecule has 1 aliphatic carbocycles. The van der Waals surface area contributed by atoms with E-state index in [-0.39, 0.29) is 0 Å². The highest BCUT2D eigenvalue weighted by Gasteiger charge is 2.22. The summed E-state index contributed by atoms with van der Waals surface area (Å²) in [5, 5.41) is 0. The van der Waals surface area contributed by atoms with Crippen molar-refractivity contribution in [2.45, 2.75) is 83.5 Å². The van der Waals surface area contributed by atoms with Crippen molar-refractivity contribution in [2.75, 3.05) is 0 Å². The lowest BCUT2D eigenvalue weighted by Crippen LogP contribution is -2.13. The van der Waals surface area contributed by atoms with Gasteiger partial charge >= 0.3 is 0 Å². The summed E-state index contributed by atoms with van der Waals surface area (Å²) in [5.41, 5.74) is 2.81. The van der Waals surface area contributed by atoms with Gasteiger partial charge in [-0.2, -0.15) is 0 Å². The summed E-state index contributed by atoms with van der Waals surface area (Å²) >= 11 is 0. The van der Waals surface area contributed by atoms with E-state index in [4.69, 9.17) is 0 Å².